The lowest BCUT2D eigenvalue weighted by Gasteiger charge is -2.44. The molecular formula is C17H20ClFN2O4. The molecule has 2 aliphatic heterocycles. The van der Waals surface area contributed by atoms with E-state index in [2.05, 4.69) is 0 Å². The van der Waals surface area contributed by atoms with Crippen LogP contribution in [0, 0.1) is 5.82 Å². The van der Waals surface area contributed by atoms with E-state index in [-0.39, 0.29) is 40.7 Å². The number of rotatable bonds is 2. The van der Waals surface area contributed by atoms with Crippen LogP contribution in [0.15, 0.2) is 6.07 Å². The van der Waals surface area contributed by atoms with Crippen molar-refractivity contribution in [1.82, 2.24) is 9.80 Å². The van der Waals surface area contributed by atoms with E-state index in [0.29, 0.717) is 18.7 Å². The number of hydrogen-bond donors (Lipinski definition) is 1. The summed E-state index contributed by atoms with van der Waals surface area (Å²) in [7, 11) is 0. The molecule has 2 amide bonds. The SMILES string of the molecule is CC(=O)N1CC(N2Cc3c(F)c(Cl)cc(C(C)O)c3OC(C)C2=O)C1. The first-order valence-electron chi connectivity index (χ1n) is 8.12. The molecular weight excluding hydrogens is 351 g/mol. The van der Waals surface area contributed by atoms with Crippen LogP contribution < -0.4 is 4.74 Å². The second kappa shape index (κ2) is 6.46. The smallest absolute Gasteiger partial charge is 0.264 e. The topological polar surface area (TPSA) is 70.1 Å². The summed E-state index contributed by atoms with van der Waals surface area (Å²) in [5, 5.41) is 9.84. The zero-order valence-corrected chi connectivity index (χ0v) is 15.0. The summed E-state index contributed by atoms with van der Waals surface area (Å²) in [5.74, 6) is -0.830. The average molecular weight is 371 g/mol. The summed E-state index contributed by atoms with van der Waals surface area (Å²) in [6, 6.07) is 1.13. The number of fused-ring (bicyclic) bond motifs is 1. The van der Waals surface area contributed by atoms with Crippen LogP contribution >= 0.6 is 11.6 Å². The number of benzene rings is 1. The van der Waals surface area contributed by atoms with Crippen molar-refractivity contribution in [3.8, 4) is 5.75 Å². The number of halogens is 2. The van der Waals surface area contributed by atoms with Gasteiger partial charge in [-0.15, -0.1) is 0 Å². The van der Waals surface area contributed by atoms with Crippen LogP contribution in [0.1, 0.15) is 38.0 Å². The molecule has 0 radical (unpaired) electrons. The maximum Gasteiger partial charge on any atom is 0.264 e. The van der Waals surface area contributed by atoms with Crippen molar-refractivity contribution in [2.45, 2.75) is 45.6 Å². The molecule has 0 spiro atoms. The van der Waals surface area contributed by atoms with Crippen molar-refractivity contribution >= 4 is 23.4 Å². The molecule has 0 aliphatic carbocycles. The highest BCUT2D eigenvalue weighted by atomic mass is 35.5. The molecule has 136 valence electrons. The Morgan fingerprint density at radius 3 is 2.68 bits per heavy atom. The molecule has 1 fully saturated rings. The average Bonchev–Trinajstić information content (AvgIpc) is 2.60. The maximum atomic E-state index is 14.6. The van der Waals surface area contributed by atoms with Gasteiger partial charge >= 0.3 is 0 Å². The molecule has 2 heterocycles. The van der Waals surface area contributed by atoms with Gasteiger partial charge in [0.05, 0.1) is 29.3 Å². The van der Waals surface area contributed by atoms with Crippen molar-refractivity contribution < 1.29 is 23.8 Å². The molecule has 1 aromatic carbocycles. The minimum atomic E-state index is -0.919. The molecule has 0 aromatic heterocycles. The van der Waals surface area contributed by atoms with Crippen molar-refractivity contribution in [2.24, 2.45) is 0 Å². The van der Waals surface area contributed by atoms with E-state index in [1.165, 1.54) is 24.8 Å². The quantitative estimate of drug-likeness (QED) is 0.862. The van der Waals surface area contributed by atoms with Gasteiger partial charge in [-0.2, -0.15) is 0 Å². The number of amides is 2. The van der Waals surface area contributed by atoms with Crippen LogP contribution in [0.3, 0.4) is 0 Å². The van der Waals surface area contributed by atoms with Gasteiger partial charge < -0.3 is 19.6 Å². The van der Waals surface area contributed by atoms with Gasteiger partial charge in [-0.05, 0) is 19.9 Å². The number of carbonyl (C=O) groups is 2. The fourth-order valence-corrected chi connectivity index (χ4v) is 3.43. The Bertz CT molecular complexity index is 734. The van der Waals surface area contributed by atoms with E-state index in [1.807, 2.05) is 0 Å². The van der Waals surface area contributed by atoms with Gasteiger partial charge in [0, 0.05) is 25.6 Å². The lowest BCUT2D eigenvalue weighted by atomic mass is 10.0. The van der Waals surface area contributed by atoms with Gasteiger partial charge in [0.15, 0.2) is 11.9 Å². The largest absolute Gasteiger partial charge is 0.480 e. The second-order valence-electron chi connectivity index (χ2n) is 6.55. The van der Waals surface area contributed by atoms with Crippen molar-refractivity contribution in [1.29, 1.82) is 0 Å². The summed E-state index contributed by atoms with van der Waals surface area (Å²) < 4.78 is 20.3. The van der Waals surface area contributed by atoms with Gasteiger partial charge in [0.2, 0.25) is 5.91 Å². The van der Waals surface area contributed by atoms with E-state index in [9.17, 15) is 19.1 Å². The molecule has 6 nitrogen and oxygen atoms in total. The summed E-state index contributed by atoms with van der Waals surface area (Å²) in [5.41, 5.74) is 0.504. The van der Waals surface area contributed by atoms with Crippen LogP contribution in [0.5, 0.6) is 5.75 Å². The van der Waals surface area contributed by atoms with E-state index in [1.54, 1.807) is 11.8 Å². The lowest BCUT2D eigenvalue weighted by Crippen LogP contribution is -2.62. The minimum Gasteiger partial charge on any atom is -0.480 e. The standard InChI is InChI=1S/C17H20ClFN2O4/c1-8(22)12-4-14(18)15(19)13-7-21(11-5-20(6-11)10(3)23)17(24)9(2)25-16(12)13/h4,8-9,11,22H,5-7H2,1-3H3. The van der Waals surface area contributed by atoms with Crippen molar-refractivity contribution in [3.63, 3.8) is 0 Å². The van der Waals surface area contributed by atoms with E-state index < -0.39 is 18.0 Å². The first-order chi connectivity index (χ1) is 11.7. The van der Waals surface area contributed by atoms with Gasteiger partial charge in [-0.1, -0.05) is 11.6 Å². The predicted octanol–water partition coefficient (Wildman–Crippen LogP) is 1.87. The highest BCUT2D eigenvalue weighted by Gasteiger charge is 2.41. The zero-order valence-electron chi connectivity index (χ0n) is 14.3. The van der Waals surface area contributed by atoms with Gasteiger partial charge in [-0.25, -0.2) is 4.39 Å². The number of hydrogen-bond acceptors (Lipinski definition) is 4. The fraction of sp³-hybridized carbons (Fsp3) is 0.529. The number of aliphatic hydroxyl groups excluding tert-OH is 1. The summed E-state index contributed by atoms with van der Waals surface area (Å²) in [4.78, 5) is 27.2. The van der Waals surface area contributed by atoms with Gasteiger partial charge in [0.1, 0.15) is 5.75 Å². The molecule has 1 saturated heterocycles. The van der Waals surface area contributed by atoms with Gasteiger partial charge in [0.25, 0.3) is 5.91 Å². The molecule has 1 N–H and O–H groups in total. The second-order valence-corrected chi connectivity index (χ2v) is 6.96. The normalized spacial score (nSPS) is 22.0. The Balaban J connectivity index is 1.99. The van der Waals surface area contributed by atoms with Crippen LogP contribution in [-0.4, -0.2) is 52.0 Å². The number of likely N-dealkylation sites (tertiary alicyclic amines) is 1. The first kappa shape index (κ1) is 17.9. The van der Waals surface area contributed by atoms with Crippen LogP contribution in [0.4, 0.5) is 4.39 Å². The van der Waals surface area contributed by atoms with Crippen molar-refractivity contribution in [3.05, 3.63) is 28.0 Å². The molecule has 2 atom stereocenters. The Hall–Kier alpha value is -1.86. The Kier molecular flexibility index (Phi) is 4.64. The van der Waals surface area contributed by atoms with E-state index in [4.69, 9.17) is 16.3 Å². The molecule has 0 saturated carbocycles. The summed E-state index contributed by atoms with van der Waals surface area (Å²) in [6.45, 7) is 5.39. The molecule has 2 unspecified atom stereocenters. The summed E-state index contributed by atoms with van der Waals surface area (Å²) in [6.07, 6.45) is -1.75. The monoisotopic (exact) mass is 370 g/mol. The Morgan fingerprint density at radius 2 is 2.12 bits per heavy atom. The lowest BCUT2D eigenvalue weighted by molar-refractivity contribution is -0.149. The fourth-order valence-electron chi connectivity index (χ4n) is 3.20. The van der Waals surface area contributed by atoms with Crippen LogP contribution in [0.2, 0.25) is 5.02 Å². The number of carbonyl (C=O) groups excluding carboxylic acids is 2. The molecule has 0 bridgehead atoms. The third-order valence-corrected chi connectivity index (χ3v) is 5.02. The highest BCUT2D eigenvalue weighted by molar-refractivity contribution is 6.31. The Labute approximate surface area is 150 Å². The maximum absolute atomic E-state index is 14.6. The zero-order chi connectivity index (χ0) is 18.5. The van der Waals surface area contributed by atoms with Crippen molar-refractivity contribution in [2.75, 3.05) is 13.1 Å². The van der Waals surface area contributed by atoms with Crippen LogP contribution in [-0.2, 0) is 16.1 Å². The van der Waals surface area contributed by atoms with Gasteiger partial charge in [-0.3, -0.25) is 9.59 Å². The number of ether oxygens (including phenoxy) is 1. The Morgan fingerprint density at radius 1 is 1.48 bits per heavy atom. The number of nitrogens with zero attached hydrogens (tertiary/aromatic N) is 2. The highest BCUT2D eigenvalue weighted by Crippen LogP contribution is 2.39. The third-order valence-electron chi connectivity index (χ3n) is 4.75. The predicted molar refractivity (Wildman–Crippen MR) is 88.7 cm³/mol. The molecule has 8 heteroatoms. The number of aliphatic hydroxyl groups is 1. The molecule has 2 aliphatic rings. The third kappa shape index (κ3) is 3.06. The molecule has 3 rings (SSSR count). The first-order valence-corrected chi connectivity index (χ1v) is 8.50. The molecule has 25 heavy (non-hydrogen) atoms. The minimum absolute atomic E-state index is 0.0129. The van der Waals surface area contributed by atoms with Crippen LogP contribution in [0.25, 0.3) is 0 Å². The molecule has 1 aromatic rings. The van der Waals surface area contributed by atoms with E-state index >= 15 is 0 Å². The summed E-state index contributed by atoms with van der Waals surface area (Å²) >= 11 is 5.96. The van der Waals surface area contributed by atoms with E-state index in [0.717, 1.165) is 0 Å².